The van der Waals surface area contributed by atoms with Gasteiger partial charge in [-0.15, -0.1) is 10.2 Å². The van der Waals surface area contributed by atoms with Crippen LogP contribution in [0.2, 0.25) is 0 Å². The van der Waals surface area contributed by atoms with E-state index in [0.717, 1.165) is 56.5 Å². The fraction of sp³-hybridized carbons (Fsp3) is 0.520. The summed E-state index contributed by atoms with van der Waals surface area (Å²) in [6.45, 7) is 3.64. The Balaban J connectivity index is 1.35. The summed E-state index contributed by atoms with van der Waals surface area (Å²) in [5.74, 6) is 0.622. The second-order valence-electron chi connectivity index (χ2n) is 9.40. The van der Waals surface area contributed by atoms with Crippen molar-refractivity contribution in [3.8, 4) is 17.0 Å². The first kappa shape index (κ1) is 21.0. The van der Waals surface area contributed by atoms with Gasteiger partial charge in [-0.1, -0.05) is 12.1 Å². The van der Waals surface area contributed by atoms with Gasteiger partial charge in [-0.05, 0) is 49.4 Å². The minimum atomic E-state index is 0.186. The number of hydrogen-bond acceptors (Lipinski definition) is 7. The normalized spacial score (nSPS) is 27.3. The van der Waals surface area contributed by atoms with Crippen LogP contribution in [0.3, 0.4) is 0 Å². The molecule has 3 N–H and O–H groups in total. The van der Waals surface area contributed by atoms with E-state index in [-0.39, 0.29) is 11.9 Å². The standard InChI is InChI=1S/C25H30N4O4/c30-23-4-2-1-3-20(23)22-11-21-19(6-8-33-18-5-7-31-14-18)24(27-25(21)29-28-22)15-9-16-12-32-13-17(10-15)26-16/h1-4,11,15-18,26,30H,5-10,12-14H2,(H,27,29)/t15?,16-,17+,18?. The number of nitrogens with zero attached hydrogens (tertiary/aromatic N) is 2. The first-order valence-corrected chi connectivity index (χ1v) is 11.9. The van der Waals surface area contributed by atoms with Gasteiger partial charge in [-0.3, -0.25) is 0 Å². The molecule has 3 aliphatic heterocycles. The summed E-state index contributed by atoms with van der Waals surface area (Å²) in [6, 6.07) is 10.1. The fourth-order valence-electron chi connectivity index (χ4n) is 5.55. The molecule has 2 bridgehead atoms. The highest BCUT2D eigenvalue weighted by Crippen LogP contribution is 2.38. The highest BCUT2D eigenvalue weighted by molar-refractivity contribution is 5.85. The number of fused-ring (bicyclic) bond motifs is 3. The van der Waals surface area contributed by atoms with Gasteiger partial charge in [0.25, 0.3) is 0 Å². The van der Waals surface area contributed by atoms with Crippen molar-refractivity contribution < 1.29 is 19.3 Å². The highest BCUT2D eigenvalue weighted by Gasteiger charge is 2.35. The summed E-state index contributed by atoms with van der Waals surface area (Å²) >= 11 is 0. The Kier molecular flexibility index (Phi) is 5.75. The van der Waals surface area contributed by atoms with Gasteiger partial charge in [-0.2, -0.15) is 0 Å². The number of aromatic hydroxyl groups is 1. The van der Waals surface area contributed by atoms with Gasteiger partial charge in [0.05, 0.1) is 38.2 Å². The number of piperidine rings is 1. The molecule has 5 heterocycles. The monoisotopic (exact) mass is 450 g/mol. The number of ether oxygens (including phenoxy) is 3. The van der Waals surface area contributed by atoms with Crippen LogP contribution in [-0.2, 0) is 20.6 Å². The molecule has 3 aromatic rings. The Morgan fingerprint density at radius 1 is 1.06 bits per heavy atom. The van der Waals surface area contributed by atoms with Gasteiger partial charge in [0, 0.05) is 41.3 Å². The average Bonchev–Trinajstić information content (AvgIpc) is 3.47. The van der Waals surface area contributed by atoms with Gasteiger partial charge in [0.15, 0.2) is 5.65 Å². The van der Waals surface area contributed by atoms with Gasteiger partial charge in [-0.25, -0.2) is 0 Å². The Hall–Kier alpha value is -2.52. The lowest BCUT2D eigenvalue weighted by Gasteiger charge is -2.40. The summed E-state index contributed by atoms with van der Waals surface area (Å²) in [5, 5.41) is 24.0. The van der Waals surface area contributed by atoms with E-state index in [9.17, 15) is 5.11 Å². The molecule has 1 aromatic carbocycles. The smallest absolute Gasteiger partial charge is 0.160 e. The van der Waals surface area contributed by atoms with Crippen molar-refractivity contribution >= 4 is 11.0 Å². The van der Waals surface area contributed by atoms with Crippen LogP contribution in [0, 0.1) is 0 Å². The van der Waals surface area contributed by atoms with E-state index in [1.54, 1.807) is 6.07 Å². The molecule has 33 heavy (non-hydrogen) atoms. The number of rotatable bonds is 6. The van der Waals surface area contributed by atoms with Crippen LogP contribution in [-0.4, -0.2) is 71.5 Å². The Labute approximate surface area is 192 Å². The van der Waals surface area contributed by atoms with Gasteiger partial charge in [0.1, 0.15) is 5.75 Å². The van der Waals surface area contributed by atoms with Crippen LogP contribution < -0.4 is 5.32 Å². The fourth-order valence-corrected chi connectivity index (χ4v) is 5.55. The number of benzene rings is 1. The van der Waals surface area contributed by atoms with Gasteiger partial charge in [0.2, 0.25) is 0 Å². The summed E-state index contributed by atoms with van der Waals surface area (Å²) in [4.78, 5) is 3.61. The maximum absolute atomic E-state index is 10.3. The molecule has 0 radical (unpaired) electrons. The molecule has 3 saturated heterocycles. The topological polar surface area (TPSA) is 102 Å². The highest BCUT2D eigenvalue weighted by atomic mass is 16.5. The van der Waals surface area contributed by atoms with Crippen molar-refractivity contribution in [2.24, 2.45) is 0 Å². The summed E-state index contributed by atoms with van der Waals surface area (Å²) in [6.07, 6.45) is 4.01. The van der Waals surface area contributed by atoms with E-state index in [0.29, 0.717) is 42.5 Å². The zero-order valence-electron chi connectivity index (χ0n) is 18.6. The van der Waals surface area contributed by atoms with Crippen LogP contribution in [0.5, 0.6) is 5.75 Å². The SMILES string of the molecule is Oc1ccccc1-c1cc2c(CCOC3CCOC3)c(C3C[C@H]4COC[C@@H](C3)N4)[nH]c2nn1. The predicted molar refractivity (Wildman–Crippen MR) is 123 cm³/mol. The predicted octanol–water partition coefficient (Wildman–Crippen LogP) is 2.91. The lowest BCUT2D eigenvalue weighted by molar-refractivity contribution is 0.0175. The number of phenolic OH excluding ortho intramolecular Hbond substituents is 1. The summed E-state index contributed by atoms with van der Waals surface area (Å²) in [5.41, 5.74) is 4.66. The number of aromatic amines is 1. The van der Waals surface area contributed by atoms with Crippen molar-refractivity contribution in [1.82, 2.24) is 20.5 Å². The molecule has 3 fully saturated rings. The molecule has 6 rings (SSSR count). The van der Waals surface area contributed by atoms with E-state index in [2.05, 4.69) is 26.6 Å². The number of para-hydroxylation sites is 1. The van der Waals surface area contributed by atoms with E-state index >= 15 is 0 Å². The molecule has 8 heteroatoms. The molecular formula is C25H30N4O4. The number of nitrogens with one attached hydrogen (secondary N) is 2. The van der Waals surface area contributed by atoms with Crippen molar-refractivity contribution in [3.63, 3.8) is 0 Å². The number of phenols is 1. The second-order valence-corrected chi connectivity index (χ2v) is 9.40. The molecule has 174 valence electrons. The Bertz CT molecular complexity index is 1110. The molecule has 2 unspecified atom stereocenters. The second kappa shape index (κ2) is 9.02. The molecule has 8 nitrogen and oxygen atoms in total. The number of hydrogen-bond donors (Lipinski definition) is 3. The van der Waals surface area contributed by atoms with Gasteiger partial charge >= 0.3 is 0 Å². The first-order chi connectivity index (χ1) is 16.2. The maximum Gasteiger partial charge on any atom is 0.160 e. The van der Waals surface area contributed by atoms with Gasteiger partial charge < -0.3 is 29.6 Å². The van der Waals surface area contributed by atoms with Crippen molar-refractivity contribution in [2.45, 2.75) is 49.8 Å². The Morgan fingerprint density at radius 2 is 1.91 bits per heavy atom. The zero-order chi connectivity index (χ0) is 22.2. The van der Waals surface area contributed by atoms with Crippen molar-refractivity contribution in [1.29, 1.82) is 0 Å². The molecule has 4 atom stereocenters. The molecule has 0 saturated carbocycles. The molecule has 0 aliphatic carbocycles. The Morgan fingerprint density at radius 3 is 2.70 bits per heavy atom. The number of aromatic nitrogens is 3. The lowest BCUT2D eigenvalue weighted by atomic mass is 9.83. The van der Waals surface area contributed by atoms with Crippen molar-refractivity contribution in [2.75, 3.05) is 33.0 Å². The van der Waals surface area contributed by atoms with Crippen LogP contribution >= 0.6 is 0 Å². The minimum Gasteiger partial charge on any atom is -0.507 e. The number of H-pyrrole nitrogens is 1. The third-order valence-electron chi connectivity index (χ3n) is 7.13. The summed E-state index contributed by atoms with van der Waals surface area (Å²) < 4.78 is 17.3. The quantitative estimate of drug-likeness (QED) is 0.531. The lowest BCUT2D eigenvalue weighted by Crippen LogP contribution is -2.53. The average molecular weight is 451 g/mol. The third-order valence-corrected chi connectivity index (χ3v) is 7.13. The first-order valence-electron chi connectivity index (χ1n) is 11.9. The van der Waals surface area contributed by atoms with Crippen LogP contribution in [0.25, 0.3) is 22.3 Å². The molecule has 3 aliphatic rings. The van der Waals surface area contributed by atoms with E-state index in [1.165, 1.54) is 11.3 Å². The van der Waals surface area contributed by atoms with E-state index in [4.69, 9.17) is 14.2 Å². The van der Waals surface area contributed by atoms with E-state index < -0.39 is 0 Å². The molecule has 0 spiro atoms. The molecular weight excluding hydrogens is 420 g/mol. The van der Waals surface area contributed by atoms with Crippen LogP contribution in [0.1, 0.15) is 36.4 Å². The maximum atomic E-state index is 10.3. The third kappa shape index (κ3) is 4.24. The van der Waals surface area contributed by atoms with Crippen LogP contribution in [0.4, 0.5) is 0 Å². The van der Waals surface area contributed by atoms with Crippen molar-refractivity contribution in [3.05, 3.63) is 41.6 Å². The van der Waals surface area contributed by atoms with Crippen LogP contribution in [0.15, 0.2) is 30.3 Å². The summed E-state index contributed by atoms with van der Waals surface area (Å²) in [7, 11) is 0. The largest absolute Gasteiger partial charge is 0.507 e. The number of morpholine rings is 1. The minimum absolute atomic E-state index is 0.186. The molecule has 0 amide bonds. The molecule has 2 aromatic heterocycles. The zero-order valence-corrected chi connectivity index (χ0v) is 18.6. The van der Waals surface area contributed by atoms with E-state index in [1.807, 2.05) is 18.2 Å².